The summed E-state index contributed by atoms with van der Waals surface area (Å²) in [5.74, 6) is 3.03. The molecule has 0 bridgehead atoms. The molecule has 52 valence electrons. The van der Waals surface area contributed by atoms with E-state index in [0.717, 1.165) is 13.0 Å². The van der Waals surface area contributed by atoms with Gasteiger partial charge < -0.3 is 4.90 Å². The highest BCUT2D eigenvalue weighted by molar-refractivity contribution is 14.2. The van der Waals surface area contributed by atoms with E-state index < -0.39 is 0 Å². The van der Waals surface area contributed by atoms with Gasteiger partial charge in [-0.3, -0.25) is 0 Å². The Morgan fingerprint density at radius 1 is 1.56 bits per heavy atom. The van der Waals surface area contributed by atoms with Crippen LogP contribution in [0.5, 0.6) is 0 Å². The lowest BCUT2D eigenvalue weighted by Gasteiger charge is -2.03. The zero-order valence-electron chi connectivity index (χ0n) is 5.65. The largest absolute Gasteiger partial charge is 0.308 e. The highest BCUT2D eigenvalue weighted by Crippen LogP contribution is 2.06. The normalized spacial score (nSPS) is 8.89. The summed E-state index contributed by atoms with van der Waals surface area (Å²) in [6.45, 7) is 1.06. The van der Waals surface area contributed by atoms with E-state index in [9.17, 15) is 0 Å². The van der Waals surface area contributed by atoms with Crippen LogP contribution in [0.2, 0.25) is 0 Å². The van der Waals surface area contributed by atoms with Gasteiger partial charge in [0, 0.05) is 34.2 Å². The van der Waals surface area contributed by atoms with E-state index in [1.165, 1.54) is 0 Å². The van der Waals surface area contributed by atoms with Crippen LogP contribution in [-0.4, -0.2) is 25.5 Å². The minimum atomic E-state index is 0.975. The van der Waals surface area contributed by atoms with Crippen LogP contribution in [0, 0.1) is 11.2 Å². The van der Waals surface area contributed by atoms with Crippen LogP contribution in [-0.2, 0) is 0 Å². The van der Waals surface area contributed by atoms with Crippen molar-refractivity contribution in [3.8, 4) is 11.2 Å². The van der Waals surface area contributed by atoms with Crippen LogP contribution < -0.4 is 0 Å². The van der Waals surface area contributed by atoms with E-state index in [2.05, 4.69) is 51.4 Å². The van der Waals surface area contributed by atoms with Gasteiger partial charge in [-0.25, -0.2) is 0 Å². The van der Waals surface area contributed by atoms with Crippen molar-refractivity contribution in [2.75, 3.05) is 20.6 Å². The Balaban J connectivity index is 3.09. The second-order valence-electron chi connectivity index (χ2n) is 1.91. The monoisotopic (exact) mass is 255 g/mol. The van der Waals surface area contributed by atoms with E-state index >= 15 is 0 Å². The van der Waals surface area contributed by atoms with E-state index in [4.69, 9.17) is 0 Å². The fourth-order valence-electron chi connectivity index (χ4n) is 0.358. The lowest BCUT2D eigenvalue weighted by molar-refractivity contribution is 0.420. The van der Waals surface area contributed by atoms with Crippen LogP contribution in [0.25, 0.3) is 0 Å². The Bertz CT molecular complexity index is 114. The molecule has 0 aliphatic heterocycles. The molecule has 0 fully saturated rings. The lowest BCUT2D eigenvalue weighted by Crippen LogP contribution is -2.11. The Morgan fingerprint density at radius 3 is 2.67 bits per heavy atom. The van der Waals surface area contributed by atoms with Gasteiger partial charge in [0.05, 0.1) is 0 Å². The van der Waals surface area contributed by atoms with Gasteiger partial charge in [0.25, 0.3) is 0 Å². The number of hydrogen-bond donors (Lipinski definition) is 0. The van der Waals surface area contributed by atoms with Gasteiger partial charge in [0.15, 0.2) is 0 Å². The molecule has 0 heterocycles. The average molecular weight is 255 g/mol. The van der Waals surface area contributed by atoms with Gasteiger partial charge in [0.1, 0.15) is 0 Å². The van der Waals surface area contributed by atoms with Crippen molar-refractivity contribution in [2.24, 2.45) is 0 Å². The third-order valence-corrected chi connectivity index (χ3v) is 1.68. The summed E-state index contributed by atoms with van der Waals surface area (Å²) in [7, 11) is 5.65. The minimum Gasteiger partial charge on any atom is -0.308 e. The fourth-order valence-corrected chi connectivity index (χ4v) is 0.982. The van der Waals surface area contributed by atoms with Crippen LogP contribution in [0.4, 0.5) is 0 Å². The van der Waals surface area contributed by atoms with Gasteiger partial charge >= 0.3 is 0 Å². The first-order valence-electron chi connectivity index (χ1n) is 2.67. The summed E-state index contributed by atoms with van der Waals surface area (Å²) in [6, 6.07) is 0. The lowest BCUT2D eigenvalue weighted by atomic mass is 10.4. The highest BCUT2D eigenvalue weighted by Gasteiger charge is 1.83. The van der Waals surface area contributed by atoms with Gasteiger partial charge in [-0.15, -0.1) is 0 Å². The van der Waals surface area contributed by atoms with E-state index in [-0.39, 0.29) is 0 Å². The quantitative estimate of drug-likeness (QED) is 0.548. The van der Waals surface area contributed by atoms with Crippen molar-refractivity contribution in [2.45, 2.75) is 6.42 Å². The van der Waals surface area contributed by atoms with Crippen molar-refractivity contribution in [3.63, 3.8) is 0 Å². The maximum Gasteiger partial charge on any atom is 0.0226 e. The molecule has 0 aliphatic rings. The maximum atomic E-state index is 3.03. The number of hydrogen-bond acceptors (Lipinski definition) is 2. The molecular formula is C6H10INS. The van der Waals surface area contributed by atoms with Crippen molar-refractivity contribution in [1.29, 1.82) is 0 Å². The zero-order chi connectivity index (χ0) is 7.11. The van der Waals surface area contributed by atoms with E-state index in [1.54, 1.807) is 8.93 Å². The Morgan fingerprint density at radius 2 is 2.22 bits per heavy atom. The molecule has 0 spiro atoms. The second kappa shape index (κ2) is 6.72. The first-order valence-corrected chi connectivity index (χ1v) is 6.03. The first-order chi connectivity index (χ1) is 4.27. The smallest absolute Gasteiger partial charge is 0.0226 e. The van der Waals surface area contributed by atoms with Crippen LogP contribution >= 0.6 is 30.1 Å². The van der Waals surface area contributed by atoms with Crippen molar-refractivity contribution in [3.05, 3.63) is 0 Å². The molecule has 1 nitrogen and oxygen atoms in total. The summed E-state index contributed by atoms with van der Waals surface area (Å²) in [5, 5.41) is 2.93. The molecule has 0 aromatic rings. The summed E-state index contributed by atoms with van der Waals surface area (Å²) in [6.07, 6.45) is 0.975. The van der Waals surface area contributed by atoms with Crippen LogP contribution in [0.3, 0.4) is 0 Å². The predicted octanol–water partition coefficient (Wildman–Crippen LogP) is 1.98. The molecule has 0 aromatic carbocycles. The number of nitrogens with zero attached hydrogens (tertiary/aromatic N) is 1. The molecule has 0 aliphatic carbocycles. The molecular weight excluding hydrogens is 245 g/mol. The SMILES string of the molecule is CN(C)CCC#CSI. The standard InChI is InChI=1S/C6H10INS/c1-8(2)5-3-4-6-9-7/h3,5H2,1-2H3. The molecule has 0 amide bonds. The first kappa shape index (κ1) is 9.60. The third-order valence-electron chi connectivity index (χ3n) is 0.795. The van der Waals surface area contributed by atoms with Gasteiger partial charge in [-0.1, -0.05) is 5.92 Å². The molecule has 0 radical (unpaired) electrons. The molecule has 0 saturated heterocycles. The van der Waals surface area contributed by atoms with Crippen molar-refractivity contribution >= 4 is 30.1 Å². The average Bonchev–Trinajstić information content (AvgIpc) is 1.80. The van der Waals surface area contributed by atoms with E-state index in [0.29, 0.717) is 0 Å². The van der Waals surface area contributed by atoms with Gasteiger partial charge in [-0.05, 0) is 28.3 Å². The van der Waals surface area contributed by atoms with Crippen LogP contribution in [0.15, 0.2) is 0 Å². The Kier molecular flexibility index (Phi) is 7.16. The van der Waals surface area contributed by atoms with Gasteiger partial charge in [-0.2, -0.15) is 0 Å². The molecule has 0 atom stereocenters. The Hall–Kier alpha value is 0.600. The molecule has 0 saturated carbocycles. The molecule has 9 heavy (non-hydrogen) atoms. The predicted molar refractivity (Wildman–Crippen MR) is 52.6 cm³/mol. The van der Waals surface area contributed by atoms with Crippen LogP contribution in [0.1, 0.15) is 6.42 Å². The highest BCUT2D eigenvalue weighted by atomic mass is 127. The van der Waals surface area contributed by atoms with Gasteiger partial charge in [0.2, 0.25) is 0 Å². The summed E-state index contributed by atoms with van der Waals surface area (Å²) < 4.78 is 0. The minimum absolute atomic E-state index is 0.975. The molecule has 0 unspecified atom stereocenters. The fraction of sp³-hybridized carbons (Fsp3) is 0.667. The molecule has 0 rings (SSSR count). The number of rotatable bonds is 2. The summed E-state index contributed by atoms with van der Waals surface area (Å²) in [5.41, 5.74) is 0. The van der Waals surface area contributed by atoms with Crippen molar-refractivity contribution < 1.29 is 0 Å². The molecule has 0 N–H and O–H groups in total. The molecule has 0 aromatic heterocycles. The van der Waals surface area contributed by atoms with E-state index in [1.807, 2.05) is 0 Å². The molecule has 3 heteroatoms. The number of halogens is 1. The summed E-state index contributed by atoms with van der Waals surface area (Å²) >= 11 is 2.17. The Labute approximate surface area is 73.2 Å². The summed E-state index contributed by atoms with van der Waals surface area (Å²) in [4.78, 5) is 2.13. The maximum absolute atomic E-state index is 3.03. The zero-order valence-corrected chi connectivity index (χ0v) is 8.62. The second-order valence-corrected chi connectivity index (χ2v) is 3.59. The third kappa shape index (κ3) is 8.60. The van der Waals surface area contributed by atoms with Crippen molar-refractivity contribution in [1.82, 2.24) is 4.90 Å². The topological polar surface area (TPSA) is 3.24 Å².